The third-order valence-corrected chi connectivity index (χ3v) is 5.52. The van der Waals surface area contributed by atoms with Gasteiger partial charge in [-0.2, -0.15) is 9.99 Å². The molecule has 2 heterocycles. The molecule has 0 saturated carbocycles. The molecule has 2 aromatic rings. The maximum atomic E-state index is 12.7. The Morgan fingerprint density at radius 1 is 1.24 bits per heavy atom. The number of amides is 2. The lowest BCUT2D eigenvalue weighted by molar-refractivity contribution is 0.0924. The zero-order valence-corrected chi connectivity index (χ0v) is 17.6. The van der Waals surface area contributed by atoms with Crippen LogP contribution in [0.3, 0.4) is 0 Å². The Hall–Kier alpha value is -2.03. The maximum Gasteiger partial charge on any atom is 0.529 e. The second-order valence-corrected chi connectivity index (χ2v) is 8.27. The highest BCUT2D eigenvalue weighted by molar-refractivity contribution is 7.36. The van der Waals surface area contributed by atoms with Crippen molar-refractivity contribution in [2.75, 3.05) is 18.4 Å². The Balaban J connectivity index is 1.85. The Morgan fingerprint density at radius 2 is 1.90 bits per heavy atom. The van der Waals surface area contributed by atoms with Gasteiger partial charge in [-0.3, -0.25) is 9.59 Å². The highest BCUT2D eigenvalue weighted by Gasteiger charge is 2.25. The minimum atomic E-state index is -2.53. The number of hydrogen-bond donors (Lipinski definition) is 4. The highest BCUT2D eigenvalue weighted by Crippen LogP contribution is 2.27. The minimum absolute atomic E-state index is 0.0232. The Labute approximate surface area is 177 Å². The van der Waals surface area contributed by atoms with E-state index in [1.807, 2.05) is 0 Å². The third-order valence-electron chi connectivity index (χ3n) is 4.36. The maximum absolute atomic E-state index is 12.7. The topological polar surface area (TPSA) is 125 Å². The molecular formula is C17H19Cl2N5O4P+. The molecule has 3 rings (SSSR count). The van der Waals surface area contributed by atoms with Crippen molar-refractivity contribution in [2.24, 2.45) is 0 Å². The van der Waals surface area contributed by atoms with Gasteiger partial charge >= 0.3 is 8.03 Å². The summed E-state index contributed by atoms with van der Waals surface area (Å²) in [5.41, 5.74) is 0.0905. The predicted octanol–water partition coefficient (Wildman–Crippen LogP) is 2.62. The molecule has 1 aliphatic rings. The van der Waals surface area contributed by atoms with E-state index in [0.29, 0.717) is 0 Å². The van der Waals surface area contributed by atoms with Crippen LogP contribution in [-0.4, -0.2) is 45.6 Å². The number of carbonyl (C=O) groups is 2. The second-order valence-electron chi connectivity index (χ2n) is 6.47. The first-order valence-electron chi connectivity index (χ1n) is 8.83. The summed E-state index contributed by atoms with van der Waals surface area (Å²) < 4.78 is 12.3. The van der Waals surface area contributed by atoms with Gasteiger partial charge in [-0.05, 0) is 42.6 Å². The van der Waals surface area contributed by atoms with Crippen molar-refractivity contribution in [3.05, 3.63) is 45.7 Å². The lowest BCUT2D eigenvalue weighted by Crippen LogP contribution is -2.43. The van der Waals surface area contributed by atoms with Crippen molar-refractivity contribution in [2.45, 2.75) is 25.2 Å². The largest absolute Gasteiger partial charge is 0.529 e. The first-order chi connectivity index (χ1) is 13.8. The van der Waals surface area contributed by atoms with E-state index in [4.69, 9.17) is 28.1 Å². The van der Waals surface area contributed by atoms with Gasteiger partial charge in [0.1, 0.15) is 0 Å². The lowest BCUT2D eigenvalue weighted by Gasteiger charge is -2.23. The summed E-state index contributed by atoms with van der Waals surface area (Å²) in [7, 11) is -2.53. The van der Waals surface area contributed by atoms with E-state index >= 15 is 0 Å². The van der Waals surface area contributed by atoms with Gasteiger partial charge in [0, 0.05) is 6.04 Å². The molecule has 0 spiro atoms. The summed E-state index contributed by atoms with van der Waals surface area (Å²) in [6.07, 6.45) is 2.55. The number of hydrogen-bond acceptors (Lipinski definition) is 5. The van der Waals surface area contributed by atoms with Gasteiger partial charge in [0.25, 0.3) is 18.1 Å². The molecule has 0 radical (unpaired) electrons. The normalized spacial score (nSPS) is 15.1. The van der Waals surface area contributed by atoms with E-state index in [1.54, 1.807) is 6.07 Å². The van der Waals surface area contributed by atoms with E-state index < -0.39 is 19.8 Å². The van der Waals surface area contributed by atoms with Gasteiger partial charge in [-0.15, -0.1) is 0 Å². The zero-order chi connectivity index (χ0) is 21.0. The number of carbonyl (C=O) groups excluding carboxylic acids is 2. The van der Waals surface area contributed by atoms with E-state index in [-0.39, 0.29) is 39.3 Å². The molecule has 29 heavy (non-hydrogen) atoms. The minimum Gasteiger partial charge on any atom is -0.348 e. The van der Waals surface area contributed by atoms with Crippen LogP contribution in [0.25, 0.3) is 0 Å². The molecule has 2 amide bonds. The number of aromatic nitrogens is 2. The molecule has 0 aliphatic carbocycles. The number of nitrogens with one attached hydrogen (secondary N) is 3. The number of nitrogens with zero attached hydrogens (tertiary/aromatic N) is 2. The van der Waals surface area contributed by atoms with Crippen LogP contribution >= 0.6 is 31.2 Å². The monoisotopic (exact) mass is 458 g/mol. The van der Waals surface area contributed by atoms with Crippen LogP contribution in [0.1, 0.15) is 33.7 Å². The van der Waals surface area contributed by atoms with Gasteiger partial charge in [0.15, 0.2) is 5.69 Å². The summed E-state index contributed by atoms with van der Waals surface area (Å²) in [6, 6.07) is 4.62. The van der Waals surface area contributed by atoms with Crippen LogP contribution in [0.5, 0.6) is 0 Å². The predicted molar refractivity (Wildman–Crippen MR) is 110 cm³/mol. The molecule has 154 valence electrons. The number of benzene rings is 1. The van der Waals surface area contributed by atoms with E-state index in [9.17, 15) is 14.2 Å². The quantitative estimate of drug-likeness (QED) is 0.493. The van der Waals surface area contributed by atoms with Crippen LogP contribution in [0.4, 0.5) is 5.69 Å². The van der Waals surface area contributed by atoms with E-state index in [1.165, 1.54) is 18.3 Å². The van der Waals surface area contributed by atoms with Crippen LogP contribution in [0.15, 0.2) is 24.4 Å². The molecule has 1 unspecified atom stereocenters. The van der Waals surface area contributed by atoms with Crippen LogP contribution in [0.2, 0.25) is 10.0 Å². The van der Waals surface area contributed by atoms with Gasteiger partial charge in [0.2, 0.25) is 0 Å². The molecule has 1 aromatic heterocycles. The molecule has 1 atom stereocenters. The molecule has 1 aliphatic heterocycles. The molecule has 1 fully saturated rings. The Morgan fingerprint density at radius 3 is 2.52 bits per heavy atom. The average Bonchev–Trinajstić information content (AvgIpc) is 3.04. The summed E-state index contributed by atoms with van der Waals surface area (Å²) >= 11 is 12.1. The van der Waals surface area contributed by atoms with E-state index in [2.05, 4.69) is 21.0 Å². The Bertz CT molecular complexity index is 926. The van der Waals surface area contributed by atoms with Crippen LogP contribution in [0, 0.1) is 0 Å². The summed E-state index contributed by atoms with van der Waals surface area (Å²) in [5.74, 6) is -1.10. The van der Waals surface area contributed by atoms with Crippen LogP contribution < -0.4 is 16.0 Å². The van der Waals surface area contributed by atoms with E-state index in [0.717, 1.165) is 30.6 Å². The van der Waals surface area contributed by atoms with Crippen LogP contribution in [-0.2, 0) is 10.9 Å². The highest BCUT2D eigenvalue weighted by atomic mass is 35.5. The van der Waals surface area contributed by atoms with Crippen molar-refractivity contribution in [1.29, 1.82) is 0 Å². The van der Waals surface area contributed by atoms with Gasteiger partial charge < -0.3 is 16.0 Å². The SMILES string of the molecule is O=C(NC1CCNCC1)c1nn(C[P+](=O)O)cc1NC(=O)c1c(Cl)cccc1Cl. The summed E-state index contributed by atoms with van der Waals surface area (Å²) in [5, 5.41) is 13.1. The zero-order valence-electron chi connectivity index (χ0n) is 15.2. The lowest BCUT2D eigenvalue weighted by atomic mass is 10.1. The first-order valence-corrected chi connectivity index (χ1v) is 11.0. The fourth-order valence-corrected chi connectivity index (χ4v) is 3.96. The smallest absolute Gasteiger partial charge is 0.348 e. The molecule has 12 heteroatoms. The Kier molecular flexibility index (Phi) is 7.21. The number of anilines is 1. The number of halogens is 2. The van der Waals surface area contributed by atoms with Crippen molar-refractivity contribution in [1.82, 2.24) is 20.4 Å². The average molecular weight is 459 g/mol. The number of piperidine rings is 1. The molecule has 4 N–H and O–H groups in total. The fourth-order valence-electron chi connectivity index (χ4n) is 3.00. The molecule has 9 nitrogen and oxygen atoms in total. The fraction of sp³-hybridized carbons (Fsp3) is 0.353. The van der Waals surface area contributed by atoms with Gasteiger partial charge in [-0.1, -0.05) is 29.3 Å². The van der Waals surface area contributed by atoms with Crippen molar-refractivity contribution < 1.29 is 19.0 Å². The molecule has 1 aromatic carbocycles. The number of rotatable bonds is 6. The van der Waals surface area contributed by atoms with Crippen molar-refractivity contribution in [3.63, 3.8) is 0 Å². The first kappa shape index (κ1) is 21.7. The second kappa shape index (κ2) is 9.65. The molecule has 1 saturated heterocycles. The molecular weight excluding hydrogens is 440 g/mol. The third kappa shape index (κ3) is 5.52. The molecule has 0 bridgehead atoms. The summed E-state index contributed by atoms with van der Waals surface area (Å²) in [6.45, 7) is 1.58. The summed E-state index contributed by atoms with van der Waals surface area (Å²) in [4.78, 5) is 34.6. The standard InChI is InChI=1S/C17H18Cl2N5O4P/c18-11-2-1-3-12(19)14(11)16(25)22-13-8-24(9-29(27)28)23-15(13)17(26)21-10-4-6-20-7-5-10/h1-3,8,10,20H,4-7,9H2,(H2-,21,22,25,26,27,28)/p+1. The van der Waals surface area contributed by atoms with Gasteiger partial charge in [-0.25, -0.2) is 4.68 Å². The van der Waals surface area contributed by atoms with Crippen molar-refractivity contribution in [3.8, 4) is 0 Å². The van der Waals surface area contributed by atoms with Gasteiger partial charge in [0.05, 0.1) is 27.5 Å². The van der Waals surface area contributed by atoms with Crippen molar-refractivity contribution >= 4 is 48.7 Å².